The summed E-state index contributed by atoms with van der Waals surface area (Å²) in [6, 6.07) is 8.73. The van der Waals surface area contributed by atoms with Crippen LogP contribution in [0, 0.1) is 11.6 Å². The second-order valence-electron chi connectivity index (χ2n) is 7.01. The zero-order chi connectivity index (χ0) is 23.2. The van der Waals surface area contributed by atoms with Crippen molar-refractivity contribution >= 4 is 11.6 Å². The van der Waals surface area contributed by atoms with E-state index in [1.54, 1.807) is 36.7 Å². The van der Waals surface area contributed by atoms with Crippen LogP contribution in [-0.4, -0.2) is 26.5 Å². The molecule has 0 atom stereocenters. The molecule has 0 saturated heterocycles. The van der Waals surface area contributed by atoms with Gasteiger partial charge in [0.05, 0.1) is 6.61 Å². The monoisotopic (exact) mass is 470 g/mol. The first-order chi connectivity index (χ1) is 16.0. The van der Waals surface area contributed by atoms with Crippen LogP contribution >= 0.6 is 11.6 Å². The molecule has 0 saturated carbocycles. The van der Waals surface area contributed by atoms with Gasteiger partial charge in [0.1, 0.15) is 12.1 Å². The number of benzene rings is 2. The standard InChI is InChI=1S/C23H17ClF2N4O3/c24-17-8-19(25)21(20(26)9-17)33-18-3-1-14(2-4-18)5-6-32-23-29-12-16(22(31)30-23)7-15-10-27-13-28-11-15/h1-4,8-13H,5-7H2,(H,29,30,31). The highest BCUT2D eigenvalue weighted by Crippen LogP contribution is 2.30. The van der Waals surface area contributed by atoms with Crippen molar-refractivity contribution in [2.24, 2.45) is 0 Å². The number of nitrogens with zero attached hydrogens (tertiary/aromatic N) is 3. The van der Waals surface area contributed by atoms with Gasteiger partial charge < -0.3 is 9.47 Å². The predicted octanol–water partition coefficient (Wildman–Crippen LogP) is 4.50. The molecule has 0 aliphatic carbocycles. The second-order valence-corrected chi connectivity index (χ2v) is 7.45. The molecule has 0 aliphatic heterocycles. The number of aromatic nitrogens is 4. The fraction of sp³-hybridized carbons (Fsp3) is 0.130. The van der Waals surface area contributed by atoms with Gasteiger partial charge in [-0.15, -0.1) is 0 Å². The van der Waals surface area contributed by atoms with Gasteiger partial charge in [0.2, 0.25) is 0 Å². The molecule has 0 radical (unpaired) electrons. The molecule has 10 heteroatoms. The Morgan fingerprint density at radius 2 is 1.67 bits per heavy atom. The highest BCUT2D eigenvalue weighted by atomic mass is 35.5. The Morgan fingerprint density at radius 1 is 0.970 bits per heavy atom. The van der Waals surface area contributed by atoms with Crippen LogP contribution in [0.1, 0.15) is 16.7 Å². The smallest absolute Gasteiger partial charge is 0.296 e. The predicted molar refractivity (Wildman–Crippen MR) is 117 cm³/mol. The summed E-state index contributed by atoms with van der Waals surface area (Å²) >= 11 is 5.61. The van der Waals surface area contributed by atoms with Gasteiger partial charge in [0, 0.05) is 42.0 Å². The van der Waals surface area contributed by atoms with Gasteiger partial charge in [-0.25, -0.2) is 23.7 Å². The Hall–Kier alpha value is -3.85. The van der Waals surface area contributed by atoms with E-state index in [-0.39, 0.29) is 28.9 Å². The minimum atomic E-state index is -0.887. The summed E-state index contributed by atoms with van der Waals surface area (Å²) in [6.45, 7) is 0.259. The number of rotatable bonds is 8. The third-order valence-electron chi connectivity index (χ3n) is 4.59. The van der Waals surface area contributed by atoms with Gasteiger partial charge in [-0.05, 0) is 35.4 Å². The average Bonchev–Trinajstić information content (AvgIpc) is 2.80. The zero-order valence-electron chi connectivity index (χ0n) is 17.1. The van der Waals surface area contributed by atoms with Crippen molar-refractivity contribution in [3.05, 3.63) is 105 Å². The van der Waals surface area contributed by atoms with Gasteiger partial charge in [-0.3, -0.25) is 9.78 Å². The molecule has 0 amide bonds. The van der Waals surface area contributed by atoms with Crippen LogP contribution in [0.4, 0.5) is 8.78 Å². The fourth-order valence-corrected chi connectivity index (χ4v) is 3.17. The summed E-state index contributed by atoms with van der Waals surface area (Å²) in [7, 11) is 0. The number of hydrogen-bond acceptors (Lipinski definition) is 6. The summed E-state index contributed by atoms with van der Waals surface area (Å²) in [6.07, 6.45) is 7.02. The van der Waals surface area contributed by atoms with Crippen LogP contribution in [0.15, 0.2) is 66.1 Å². The van der Waals surface area contributed by atoms with E-state index < -0.39 is 17.4 Å². The Bertz CT molecular complexity index is 1280. The zero-order valence-corrected chi connectivity index (χ0v) is 17.9. The molecule has 0 unspecified atom stereocenters. The third-order valence-corrected chi connectivity index (χ3v) is 4.81. The average molecular weight is 471 g/mol. The van der Waals surface area contributed by atoms with Crippen molar-refractivity contribution in [1.29, 1.82) is 0 Å². The Kier molecular flexibility index (Phi) is 6.89. The van der Waals surface area contributed by atoms with Crippen molar-refractivity contribution in [2.75, 3.05) is 6.61 Å². The molecule has 168 valence electrons. The largest absolute Gasteiger partial charge is 0.464 e. The van der Waals surface area contributed by atoms with E-state index in [0.29, 0.717) is 18.4 Å². The third kappa shape index (κ3) is 5.89. The minimum absolute atomic E-state index is 0.0519. The number of aromatic amines is 1. The maximum absolute atomic E-state index is 13.9. The maximum atomic E-state index is 13.9. The summed E-state index contributed by atoms with van der Waals surface area (Å²) < 4.78 is 38.6. The van der Waals surface area contributed by atoms with Gasteiger partial charge in [-0.1, -0.05) is 23.7 Å². The minimum Gasteiger partial charge on any atom is -0.464 e. The first-order valence-corrected chi connectivity index (χ1v) is 10.2. The topological polar surface area (TPSA) is 90.0 Å². The highest BCUT2D eigenvalue weighted by Gasteiger charge is 2.13. The van der Waals surface area contributed by atoms with E-state index in [4.69, 9.17) is 21.1 Å². The Morgan fingerprint density at radius 3 is 2.33 bits per heavy atom. The molecule has 0 spiro atoms. The first kappa shape index (κ1) is 22.3. The van der Waals surface area contributed by atoms with Gasteiger partial charge in [-0.2, -0.15) is 0 Å². The van der Waals surface area contributed by atoms with Crippen LogP contribution in [0.5, 0.6) is 17.5 Å². The van der Waals surface area contributed by atoms with Gasteiger partial charge in [0.15, 0.2) is 17.4 Å². The fourth-order valence-electron chi connectivity index (χ4n) is 2.98. The number of H-pyrrole nitrogens is 1. The van der Waals surface area contributed by atoms with Crippen LogP contribution < -0.4 is 15.0 Å². The molecule has 7 nitrogen and oxygen atoms in total. The van der Waals surface area contributed by atoms with E-state index in [1.807, 2.05) is 0 Å². The number of halogens is 3. The van der Waals surface area contributed by atoms with Crippen molar-refractivity contribution in [1.82, 2.24) is 19.9 Å². The summed E-state index contributed by atoms with van der Waals surface area (Å²) in [5, 5.41) is -0.0519. The molecule has 1 N–H and O–H groups in total. The number of ether oxygens (including phenoxy) is 2. The van der Waals surface area contributed by atoms with Crippen LogP contribution in [0.25, 0.3) is 0 Å². The second kappa shape index (κ2) is 10.2. The van der Waals surface area contributed by atoms with E-state index >= 15 is 0 Å². The Balaban J connectivity index is 1.31. The summed E-state index contributed by atoms with van der Waals surface area (Å²) in [5.41, 5.74) is 1.86. The van der Waals surface area contributed by atoms with E-state index in [0.717, 1.165) is 23.3 Å². The van der Waals surface area contributed by atoms with E-state index in [9.17, 15) is 13.6 Å². The van der Waals surface area contributed by atoms with Gasteiger partial charge in [0.25, 0.3) is 11.6 Å². The number of nitrogens with one attached hydrogen (secondary N) is 1. The van der Waals surface area contributed by atoms with Crippen molar-refractivity contribution in [3.8, 4) is 17.5 Å². The lowest BCUT2D eigenvalue weighted by molar-refractivity contribution is 0.295. The molecule has 0 bridgehead atoms. The molecule has 2 aromatic carbocycles. The van der Waals surface area contributed by atoms with Crippen molar-refractivity contribution in [2.45, 2.75) is 12.8 Å². The molecule has 4 aromatic rings. The lowest BCUT2D eigenvalue weighted by Gasteiger charge is -2.09. The number of hydrogen-bond donors (Lipinski definition) is 1. The lowest BCUT2D eigenvalue weighted by atomic mass is 10.1. The van der Waals surface area contributed by atoms with Crippen LogP contribution in [-0.2, 0) is 12.8 Å². The maximum Gasteiger partial charge on any atom is 0.296 e. The molecular formula is C23H17ClF2N4O3. The SMILES string of the molecule is O=c1[nH]c(OCCc2ccc(Oc3c(F)cc(Cl)cc3F)cc2)ncc1Cc1cncnc1. The van der Waals surface area contributed by atoms with Gasteiger partial charge >= 0.3 is 0 Å². The van der Waals surface area contributed by atoms with E-state index in [1.165, 1.54) is 12.5 Å². The normalized spacial score (nSPS) is 10.8. The highest BCUT2D eigenvalue weighted by molar-refractivity contribution is 6.30. The lowest BCUT2D eigenvalue weighted by Crippen LogP contribution is -2.16. The molecule has 2 aromatic heterocycles. The molecule has 33 heavy (non-hydrogen) atoms. The van der Waals surface area contributed by atoms with Crippen molar-refractivity contribution in [3.63, 3.8) is 0 Å². The molecule has 0 aliphatic rings. The molecule has 0 fully saturated rings. The Labute approximate surface area is 192 Å². The molecule has 4 rings (SSSR count). The first-order valence-electron chi connectivity index (χ1n) is 9.84. The quantitative estimate of drug-likeness (QED) is 0.408. The summed E-state index contributed by atoms with van der Waals surface area (Å²) in [4.78, 5) is 26.8. The summed E-state index contributed by atoms with van der Waals surface area (Å²) in [5.74, 6) is -2.02. The van der Waals surface area contributed by atoms with Crippen LogP contribution in [0.2, 0.25) is 5.02 Å². The molecule has 2 heterocycles. The van der Waals surface area contributed by atoms with Crippen molar-refractivity contribution < 1.29 is 18.3 Å². The molecular weight excluding hydrogens is 454 g/mol. The van der Waals surface area contributed by atoms with Crippen LogP contribution in [0.3, 0.4) is 0 Å². The van der Waals surface area contributed by atoms with E-state index in [2.05, 4.69) is 19.9 Å².